The average Bonchev–Trinajstić information content (AvgIpc) is 2.40. The summed E-state index contributed by atoms with van der Waals surface area (Å²) in [6, 6.07) is 5.50. The Balaban J connectivity index is 2.27. The first-order valence-corrected chi connectivity index (χ1v) is 5.07. The molecule has 0 bridgehead atoms. The highest BCUT2D eigenvalue weighted by molar-refractivity contribution is 5.83. The first-order valence-electron chi connectivity index (χ1n) is 5.07. The minimum atomic E-state index is -0.145. The van der Waals surface area contributed by atoms with Gasteiger partial charge in [-0.3, -0.25) is 4.79 Å². The minimum absolute atomic E-state index is 0.145. The van der Waals surface area contributed by atoms with Crippen molar-refractivity contribution in [3.05, 3.63) is 53.6 Å². The van der Waals surface area contributed by atoms with Gasteiger partial charge in [0.15, 0.2) is 0 Å². The van der Waals surface area contributed by atoms with E-state index in [9.17, 15) is 4.79 Å². The molecular formula is C12H8N4O. The maximum Gasteiger partial charge on any atom is 0.258 e. The highest BCUT2D eigenvalue weighted by Crippen LogP contribution is 2.19. The third-order valence-electron chi connectivity index (χ3n) is 2.53. The Morgan fingerprint density at radius 2 is 1.88 bits per heavy atom. The van der Waals surface area contributed by atoms with Crippen LogP contribution in [0.5, 0.6) is 0 Å². The Morgan fingerprint density at radius 3 is 2.71 bits per heavy atom. The highest BCUT2D eigenvalue weighted by Gasteiger charge is 2.03. The number of H-pyrrole nitrogens is 1. The van der Waals surface area contributed by atoms with Crippen molar-refractivity contribution in [3.63, 3.8) is 0 Å². The number of rotatable bonds is 1. The van der Waals surface area contributed by atoms with Gasteiger partial charge >= 0.3 is 0 Å². The molecule has 5 heteroatoms. The summed E-state index contributed by atoms with van der Waals surface area (Å²) in [7, 11) is 0. The van der Waals surface area contributed by atoms with Gasteiger partial charge in [0, 0.05) is 18.0 Å². The molecule has 3 aromatic rings. The molecule has 0 aliphatic rings. The summed E-state index contributed by atoms with van der Waals surface area (Å²) in [5.41, 5.74) is 2.30. The maximum atomic E-state index is 11.6. The molecule has 0 radical (unpaired) electrons. The zero-order valence-electron chi connectivity index (χ0n) is 8.79. The van der Waals surface area contributed by atoms with Gasteiger partial charge in [0.2, 0.25) is 0 Å². The minimum Gasteiger partial charge on any atom is -0.313 e. The summed E-state index contributed by atoms with van der Waals surface area (Å²) in [6.07, 6.45) is 6.28. The monoisotopic (exact) mass is 224 g/mol. The number of benzene rings is 1. The Labute approximate surface area is 96.2 Å². The molecule has 0 amide bonds. The van der Waals surface area contributed by atoms with E-state index in [-0.39, 0.29) is 5.56 Å². The fourth-order valence-electron chi connectivity index (χ4n) is 1.70. The van der Waals surface area contributed by atoms with E-state index >= 15 is 0 Å². The predicted molar refractivity (Wildman–Crippen MR) is 63.4 cm³/mol. The lowest BCUT2D eigenvalue weighted by Crippen LogP contribution is -2.05. The molecule has 0 unspecified atom stereocenters. The van der Waals surface area contributed by atoms with Gasteiger partial charge in [0.1, 0.15) is 6.33 Å². The molecule has 0 saturated heterocycles. The van der Waals surface area contributed by atoms with Crippen LogP contribution in [0.2, 0.25) is 0 Å². The molecule has 3 rings (SSSR count). The second-order valence-corrected chi connectivity index (χ2v) is 3.59. The number of nitrogens with one attached hydrogen (secondary N) is 1. The van der Waals surface area contributed by atoms with Crippen LogP contribution in [0.15, 0.2) is 48.0 Å². The topological polar surface area (TPSA) is 71.5 Å². The SMILES string of the molecule is O=c1[nH]cnc2ccc(-c3cncnc3)cc12. The molecule has 0 saturated carbocycles. The Morgan fingerprint density at radius 1 is 1.06 bits per heavy atom. The maximum absolute atomic E-state index is 11.6. The van der Waals surface area contributed by atoms with Crippen molar-refractivity contribution in [3.8, 4) is 11.1 Å². The lowest BCUT2D eigenvalue weighted by atomic mass is 10.1. The molecule has 1 aromatic carbocycles. The molecule has 0 fully saturated rings. The molecule has 82 valence electrons. The van der Waals surface area contributed by atoms with E-state index in [2.05, 4.69) is 19.9 Å². The average molecular weight is 224 g/mol. The Hall–Kier alpha value is -2.56. The van der Waals surface area contributed by atoms with Crippen LogP contribution in [0.3, 0.4) is 0 Å². The van der Waals surface area contributed by atoms with Gasteiger partial charge in [0.05, 0.1) is 17.2 Å². The van der Waals surface area contributed by atoms with Crippen LogP contribution >= 0.6 is 0 Å². The van der Waals surface area contributed by atoms with E-state index in [1.165, 1.54) is 12.7 Å². The van der Waals surface area contributed by atoms with Crippen LogP contribution in [0, 0.1) is 0 Å². The van der Waals surface area contributed by atoms with Crippen molar-refractivity contribution in [1.82, 2.24) is 19.9 Å². The van der Waals surface area contributed by atoms with E-state index < -0.39 is 0 Å². The molecule has 0 atom stereocenters. The molecule has 0 aliphatic carbocycles. The second-order valence-electron chi connectivity index (χ2n) is 3.59. The first-order chi connectivity index (χ1) is 8.34. The van der Waals surface area contributed by atoms with E-state index in [1.807, 2.05) is 12.1 Å². The standard InChI is InChI=1S/C12H8N4O/c17-12-10-3-8(9-4-13-6-14-5-9)1-2-11(10)15-7-16-12/h1-7H,(H,15,16,17). The highest BCUT2D eigenvalue weighted by atomic mass is 16.1. The van der Waals surface area contributed by atoms with E-state index in [1.54, 1.807) is 18.5 Å². The molecule has 2 aromatic heterocycles. The van der Waals surface area contributed by atoms with E-state index in [0.717, 1.165) is 11.1 Å². The number of hydrogen-bond acceptors (Lipinski definition) is 4. The van der Waals surface area contributed by atoms with Crippen molar-refractivity contribution in [2.45, 2.75) is 0 Å². The van der Waals surface area contributed by atoms with Gasteiger partial charge in [-0.15, -0.1) is 0 Å². The fourth-order valence-corrected chi connectivity index (χ4v) is 1.70. The third kappa shape index (κ3) is 1.67. The lowest BCUT2D eigenvalue weighted by Gasteiger charge is -2.01. The predicted octanol–water partition coefficient (Wildman–Crippen LogP) is 1.38. The van der Waals surface area contributed by atoms with Crippen LogP contribution in [0.25, 0.3) is 22.0 Å². The van der Waals surface area contributed by atoms with Gasteiger partial charge in [-0.25, -0.2) is 15.0 Å². The van der Waals surface area contributed by atoms with Gasteiger partial charge in [0.25, 0.3) is 5.56 Å². The quantitative estimate of drug-likeness (QED) is 0.677. The third-order valence-corrected chi connectivity index (χ3v) is 2.53. The summed E-state index contributed by atoms with van der Waals surface area (Å²) in [4.78, 5) is 26.2. The van der Waals surface area contributed by atoms with Crippen molar-refractivity contribution >= 4 is 10.9 Å². The molecule has 17 heavy (non-hydrogen) atoms. The lowest BCUT2D eigenvalue weighted by molar-refractivity contribution is 1.16. The summed E-state index contributed by atoms with van der Waals surface area (Å²) in [6.45, 7) is 0. The van der Waals surface area contributed by atoms with Crippen LogP contribution < -0.4 is 5.56 Å². The second kappa shape index (κ2) is 3.79. The van der Waals surface area contributed by atoms with Crippen molar-refractivity contribution in [2.75, 3.05) is 0 Å². The van der Waals surface area contributed by atoms with Crippen molar-refractivity contribution in [1.29, 1.82) is 0 Å². The van der Waals surface area contributed by atoms with Crippen molar-refractivity contribution < 1.29 is 0 Å². The van der Waals surface area contributed by atoms with Crippen LogP contribution in [-0.4, -0.2) is 19.9 Å². The zero-order chi connectivity index (χ0) is 11.7. The zero-order valence-corrected chi connectivity index (χ0v) is 8.79. The van der Waals surface area contributed by atoms with Crippen LogP contribution in [0.4, 0.5) is 0 Å². The molecule has 5 nitrogen and oxygen atoms in total. The normalized spacial score (nSPS) is 10.6. The Kier molecular flexibility index (Phi) is 2.15. The largest absolute Gasteiger partial charge is 0.313 e. The van der Waals surface area contributed by atoms with Gasteiger partial charge in [-0.1, -0.05) is 6.07 Å². The number of nitrogens with zero attached hydrogens (tertiary/aromatic N) is 3. The fraction of sp³-hybridized carbons (Fsp3) is 0. The van der Waals surface area contributed by atoms with Crippen LogP contribution in [-0.2, 0) is 0 Å². The van der Waals surface area contributed by atoms with Gasteiger partial charge in [-0.2, -0.15) is 0 Å². The Bertz CT molecular complexity index is 721. The molecule has 0 spiro atoms. The van der Waals surface area contributed by atoms with Crippen molar-refractivity contribution in [2.24, 2.45) is 0 Å². The number of aromatic amines is 1. The number of aromatic nitrogens is 4. The first kappa shape index (κ1) is 9.65. The number of fused-ring (bicyclic) bond motifs is 1. The summed E-state index contributed by atoms with van der Waals surface area (Å²) < 4.78 is 0. The summed E-state index contributed by atoms with van der Waals surface area (Å²) in [5.74, 6) is 0. The molecular weight excluding hydrogens is 216 g/mol. The van der Waals surface area contributed by atoms with E-state index in [0.29, 0.717) is 10.9 Å². The van der Waals surface area contributed by atoms with E-state index in [4.69, 9.17) is 0 Å². The summed E-state index contributed by atoms with van der Waals surface area (Å²) in [5, 5.41) is 0.564. The summed E-state index contributed by atoms with van der Waals surface area (Å²) >= 11 is 0. The molecule has 2 heterocycles. The van der Waals surface area contributed by atoms with Gasteiger partial charge < -0.3 is 4.98 Å². The molecule has 1 N–H and O–H groups in total. The van der Waals surface area contributed by atoms with Crippen LogP contribution in [0.1, 0.15) is 0 Å². The van der Waals surface area contributed by atoms with Gasteiger partial charge in [-0.05, 0) is 17.7 Å². The molecule has 0 aliphatic heterocycles. The number of hydrogen-bond donors (Lipinski definition) is 1. The smallest absolute Gasteiger partial charge is 0.258 e.